The van der Waals surface area contributed by atoms with Gasteiger partial charge in [0.1, 0.15) is 11.4 Å². The molecule has 23 heavy (non-hydrogen) atoms. The molecule has 1 aromatic rings. The summed E-state index contributed by atoms with van der Waals surface area (Å²) in [7, 11) is 0. The van der Waals surface area contributed by atoms with Gasteiger partial charge in [0, 0.05) is 12.6 Å². The molecule has 0 unspecified atom stereocenters. The predicted molar refractivity (Wildman–Crippen MR) is 90.4 cm³/mol. The molecule has 0 aliphatic carbocycles. The zero-order chi connectivity index (χ0) is 16.9. The van der Waals surface area contributed by atoms with E-state index in [-0.39, 0.29) is 18.6 Å². The largest absolute Gasteiger partial charge is 0.482 e. The van der Waals surface area contributed by atoms with Crippen LogP contribution in [0.3, 0.4) is 0 Å². The van der Waals surface area contributed by atoms with Gasteiger partial charge in [0.05, 0.1) is 0 Å². The van der Waals surface area contributed by atoms with Crippen molar-refractivity contribution in [2.45, 2.75) is 45.3 Å². The highest BCUT2D eigenvalue weighted by Gasteiger charge is 2.18. The molecular weight excluding hydrogens is 292 g/mol. The number of rotatable bonds is 6. The van der Waals surface area contributed by atoms with Gasteiger partial charge in [0.15, 0.2) is 6.61 Å². The van der Waals surface area contributed by atoms with Crippen LogP contribution in [0.15, 0.2) is 24.3 Å². The Morgan fingerprint density at radius 3 is 2.65 bits per heavy atom. The SMILES string of the molecule is CC(C)(C)OC(=O)COc1cccc([C@H](N)CN2CCCC2)c1. The Morgan fingerprint density at radius 2 is 2.00 bits per heavy atom. The number of carbonyl (C=O) groups is 1. The summed E-state index contributed by atoms with van der Waals surface area (Å²) in [6.45, 7) is 8.53. The lowest BCUT2D eigenvalue weighted by Crippen LogP contribution is -2.30. The second-order valence-electron chi connectivity index (χ2n) is 7.06. The highest BCUT2D eigenvalue weighted by Crippen LogP contribution is 2.20. The van der Waals surface area contributed by atoms with E-state index in [0.29, 0.717) is 5.75 Å². The van der Waals surface area contributed by atoms with Gasteiger partial charge in [-0.2, -0.15) is 0 Å². The molecule has 5 heteroatoms. The zero-order valence-corrected chi connectivity index (χ0v) is 14.4. The van der Waals surface area contributed by atoms with E-state index >= 15 is 0 Å². The molecule has 1 atom stereocenters. The maximum atomic E-state index is 11.7. The fraction of sp³-hybridized carbons (Fsp3) is 0.611. The number of nitrogens with zero attached hydrogens (tertiary/aromatic N) is 1. The Kier molecular flexibility index (Phi) is 6.02. The van der Waals surface area contributed by atoms with Crippen LogP contribution in [0.5, 0.6) is 5.75 Å². The normalized spacial score (nSPS) is 17.0. The molecule has 1 aliphatic heterocycles. The van der Waals surface area contributed by atoms with E-state index in [1.54, 1.807) is 0 Å². The summed E-state index contributed by atoms with van der Waals surface area (Å²) in [5, 5.41) is 0. The minimum Gasteiger partial charge on any atom is -0.482 e. The van der Waals surface area contributed by atoms with Crippen LogP contribution in [0, 0.1) is 0 Å². The van der Waals surface area contributed by atoms with E-state index in [4.69, 9.17) is 15.2 Å². The number of likely N-dealkylation sites (tertiary alicyclic amines) is 1. The Bertz CT molecular complexity index is 519. The van der Waals surface area contributed by atoms with Gasteiger partial charge in [-0.3, -0.25) is 0 Å². The smallest absolute Gasteiger partial charge is 0.344 e. The molecule has 1 saturated heterocycles. The van der Waals surface area contributed by atoms with Crippen molar-refractivity contribution in [3.63, 3.8) is 0 Å². The number of carbonyl (C=O) groups excluding carboxylic acids is 1. The number of hydrogen-bond donors (Lipinski definition) is 1. The summed E-state index contributed by atoms with van der Waals surface area (Å²) in [6.07, 6.45) is 2.51. The molecule has 5 nitrogen and oxygen atoms in total. The molecule has 0 saturated carbocycles. The van der Waals surface area contributed by atoms with Crippen molar-refractivity contribution in [2.24, 2.45) is 5.73 Å². The summed E-state index contributed by atoms with van der Waals surface area (Å²) >= 11 is 0. The van der Waals surface area contributed by atoms with E-state index in [1.165, 1.54) is 12.8 Å². The summed E-state index contributed by atoms with van der Waals surface area (Å²) < 4.78 is 10.8. The lowest BCUT2D eigenvalue weighted by atomic mass is 10.1. The molecule has 0 spiro atoms. The topological polar surface area (TPSA) is 64.8 Å². The third kappa shape index (κ3) is 6.20. The van der Waals surface area contributed by atoms with Gasteiger partial charge in [-0.15, -0.1) is 0 Å². The molecule has 1 aliphatic rings. The third-order valence-corrected chi connectivity index (χ3v) is 3.72. The van der Waals surface area contributed by atoms with E-state index in [9.17, 15) is 4.79 Å². The van der Waals surface area contributed by atoms with E-state index in [0.717, 1.165) is 25.2 Å². The van der Waals surface area contributed by atoms with Crippen LogP contribution < -0.4 is 10.5 Å². The van der Waals surface area contributed by atoms with Crippen LogP contribution in [0.25, 0.3) is 0 Å². The summed E-state index contributed by atoms with van der Waals surface area (Å²) in [5.74, 6) is 0.273. The summed E-state index contributed by atoms with van der Waals surface area (Å²) in [5.41, 5.74) is 6.82. The van der Waals surface area contributed by atoms with Crippen molar-refractivity contribution in [1.29, 1.82) is 0 Å². The van der Waals surface area contributed by atoms with Crippen LogP contribution in [-0.2, 0) is 9.53 Å². The molecule has 0 amide bonds. The Morgan fingerprint density at radius 1 is 1.30 bits per heavy atom. The van der Waals surface area contributed by atoms with Gasteiger partial charge < -0.3 is 20.1 Å². The van der Waals surface area contributed by atoms with Gasteiger partial charge >= 0.3 is 5.97 Å². The Labute approximate surface area is 138 Å². The number of hydrogen-bond acceptors (Lipinski definition) is 5. The van der Waals surface area contributed by atoms with E-state index < -0.39 is 5.60 Å². The Hall–Kier alpha value is -1.59. The monoisotopic (exact) mass is 320 g/mol. The minimum atomic E-state index is -0.500. The highest BCUT2D eigenvalue weighted by atomic mass is 16.6. The van der Waals surface area contributed by atoms with Crippen LogP contribution in [0.1, 0.15) is 45.2 Å². The molecule has 1 aromatic carbocycles. The van der Waals surface area contributed by atoms with Crippen LogP contribution in [0.4, 0.5) is 0 Å². The van der Waals surface area contributed by atoms with Crippen molar-refractivity contribution in [3.8, 4) is 5.75 Å². The van der Waals surface area contributed by atoms with Gasteiger partial charge in [-0.05, 0) is 64.4 Å². The van der Waals surface area contributed by atoms with Gasteiger partial charge in [0.2, 0.25) is 0 Å². The molecule has 128 valence electrons. The first-order valence-electron chi connectivity index (χ1n) is 8.26. The van der Waals surface area contributed by atoms with Crippen LogP contribution in [-0.4, -0.2) is 42.7 Å². The number of benzene rings is 1. The second-order valence-corrected chi connectivity index (χ2v) is 7.06. The standard InChI is InChI=1S/C18H28N2O3/c1-18(2,3)23-17(21)13-22-15-8-6-7-14(11-15)16(19)12-20-9-4-5-10-20/h6-8,11,16H,4-5,9-10,12-13,19H2,1-3H3/t16-/m1/s1. The van der Waals surface area contributed by atoms with Gasteiger partial charge in [0.25, 0.3) is 0 Å². The molecular formula is C18H28N2O3. The summed E-state index contributed by atoms with van der Waals surface area (Å²) in [6, 6.07) is 7.60. The average molecular weight is 320 g/mol. The molecule has 0 aromatic heterocycles. The van der Waals surface area contributed by atoms with Crippen molar-refractivity contribution < 1.29 is 14.3 Å². The van der Waals surface area contributed by atoms with Crippen molar-refractivity contribution in [1.82, 2.24) is 4.90 Å². The second kappa shape index (κ2) is 7.79. The van der Waals surface area contributed by atoms with E-state index in [2.05, 4.69) is 4.90 Å². The highest BCUT2D eigenvalue weighted by molar-refractivity contribution is 5.71. The molecule has 1 fully saturated rings. The quantitative estimate of drug-likeness (QED) is 0.816. The fourth-order valence-corrected chi connectivity index (χ4v) is 2.70. The van der Waals surface area contributed by atoms with Gasteiger partial charge in [-0.25, -0.2) is 4.79 Å². The fourth-order valence-electron chi connectivity index (χ4n) is 2.70. The number of ether oxygens (including phenoxy) is 2. The zero-order valence-electron chi connectivity index (χ0n) is 14.4. The molecule has 1 heterocycles. The molecule has 0 bridgehead atoms. The first kappa shape index (κ1) is 17.8. The van der Waals surface area contributed by atoms with Crippen LogP contribution in [0.2, 0.25) is 0 Å². The van der Waals surface area contributed by atoms with Crippen LogP contribution >= 0.6 is 0 Å². The number of esters is 1. The van der Waals surface area contributed by atoms with E-state index in [1.807, 2.05) is 45.0 Å². The third-order valence-electron chi connectivity index (χ3n) is 3.72. The molecule has 2 rings (SSSR count). The molecule has 0 radical (unpaired) electrons. The van der Waals surface area contributed by atoms with Crippen molar-refractivity contribution in [2.75, 3.05) is 26.2 Å². The minimum absolute atomic E-state index is 0.0434. The summed E-state index contributed by atoms with van der Waals surface area (Å²) in [4.78, 5) is 14.1. The first-order chi connectivity index (χ1) is 10.8. The lowest BCUT2D eigenvalue weighted by Gasteiger charge is -2.21. The Balaban J connectivity index is 1.87. The maximum absolute atomic E-state index is 11.7. The molecule has 2 N–H and O–H groups in total. The predicted octanol–water partition coefficient (Wildman–Crippen LogP) is 2.50. The first-order valence-corrected chi connectivity index (χ1v) is 8.26. The van der Waals surface area contributed by atoms with Crippen molar-refractivity contribution in [3.05, 3.63) is 29.8 Å². The number of nitrogens with two attached hydrogens (primary N) is 1. The van der Waals surface area contributed by atoms with Gasteiger partial charge in [-0.1, -0.05) is 12.1 Å². The lowest BCUT2D eigenvalue weighted by molar-refractivity contribution is -0.157. The average Bonchev–Trinajstić information content (AvgIpc) is 2.96. The maximum Gasteiger partial charge on any atom is 0.344 e. The van der Waals surface area contributed by atoms with Crippen molar-refractivity contribution >= 4 is 5.97 Å².